The van der Waals surface area contributed by atoms with Crippen molar-refractivity contribution in [2.75, 3.05) is 0 Å². The minimum Gasteiger partial charge on any atom is -0.682 e. The van der Waals surface area contributed by atoms with Crippen molar-refractivity contribution >= 4 is 33.3 Å². The number of benzene rings is 3. The zero-order chi connectivity index (χ0) is 31.9. The number of hydrogen-bond acceptors (Lipinski definition) is 3. The molecule has 5 heteroatoms. The summed E-state index contributed by atoms with van der Waals surface area (Å²) >= 11 is 0. The standard InChI is InChI=1S/C30H27NO.C13H20O2.CH3.Ir/c1-18-14-25-22-8-4-5-9-28(22)32-30(25)26(15-18)29-23-13-12-21(19-6-2-3-7-19)16-24(23)27(17-31-29)20-10-11-20;14-12(10-5-1-2-6-10)9-13(15)11-7-3-4-8-11;;/h4-5,8-9,12-14,16-17,19-20,29H,2-3,6-7,10-11H2,1H3;9-11,14H,1-8H2;1H3;/q-2;;-1;+3/b;12-9-;;. The average molecular weight is 833 g/mol. The van der Waals surface area contributed by atoms with Crippen molar-refractivity contribution < 1.29 is 34.4 Å². The van der Waals surface area contributed by atoms with Crippen LogP contribution in [0.25, 0.3) is 32.8 Å². The van der Waals surface area contributed by atoms with Crippen LogP contribution < -0.4 is 0 Å². The summed E-state index contributed by atoms with van der Waals surface area (Å²) in [5, 5.41) is 17.3. The number of aryl methyl sites for hydroxylation is 1. The molecule has 1 aromatic heterocycles. The van der Waals surface area contributed by atoms with E-state index in [9.17, 15) is 9.90 Å². The Morgan fingerprint density at radius 3 is 2.22 bits per heavy atom. The van der Waals surface area contributed by atoms with Gasteiger partial charge in [0.2, 0.25) is 0 Å². The zero-order valence-corrected chi connectivity index (χ0v) is 31.5. The Labute approximate surface area is 306 Å². The predicted molar refractivity (Wildman–Crippen MR) is 197 cm³/mol. The molecule has 258 valence electrons. The third-order valence-corrected chi connectivity index (χ3v) is 11.6. The molecule has 4 fully saturated rings. The fraction of sp³-hybridized carbons (Fsp3) is 0.455. The van der Waals surface area contributed by atoms with Gasteiger partial charge in [0.1, 0.15) is 5.58 Å². The van der Waals surface area contributed by atoms with E-state index in [1.165, 1.54) is 103 Å². The molecular formula is C44H50IrNO3. The average Bonchev–Trinajstić information content (AvgIpc) is 3.62. The van der Waals surface area contributed by atoms with Crippen LogP contribution in [0.2, 0.25) is 0 Å². The van der Waals surface area contributed by atoms with Crippen molar-refractivity contribution in [1.29, 1.82) is 0 Å². The molecule has 2 heterocycles. The first-order chi connectivity index (χ1) is 23.0. The van der Waals surface area contributed by atoms with Crippen molar-refractivity contribution in [3.05, 3.63) is 113 Å². The fourth-order valence-electron chi connectivity index (χ4n) is 8.77. The van der Waals surface area contributed by atoms with E-state index in [4.69, 9.17) is 9.73 Å². The molecule has 0 amide bonds. The molecule has 0 bridgehead atoms. The summed E-state index contributed by atoms with van der Waals surface area (Å²) in [5.41, 5.74) is 9.78. The normalized spacial score (nSPS) is 21.4. The minimum atomic E-state index is -0.0620. The molecule has 1 atom stereocenters. The number of nitrogens with zero attached hydrogens (tertiary/aromatic N) is 1. The first-order valence-corrected chi connectivity index (χ1v) is 18.4. The summed E-state index contributed by atoms with van der Waals surface area (Å²) in [6, 6.07) is 21.3. The van der Waals surface area contributed by atoms with E-state index in [1.807, 2.05) is 6.07 Å². The van der Waals surface area contributed by atoms with E-state index in [0.29, 0.717) is 11.7 Å². The predicted octanol–water partition coefficient (Wildman–Crippen LogP) is 12.4. The first kappa shape index (κ1) is 35.7. The van der Waals surface area contributed by atoms with Gasteiger partial charge in [0, 0.05) is 28.9 Å². The third kappa shape index (κ3) is 7.35. The molecule has 0 radical (unpaired) electrons. The molecule has 0 spiro atoms. The van der Waals surface area contributed by atoms with E-state index in [-0.39, 0.29) is 51.2 Å². The van der Waals surface area contributed by atoms with Crippen LogP contribution in [0.5, 0.6) is 0 Å². The minimum absolute atomic E-state index is 0. The Bertz CT molecular complexity index is 1840. The van der Waals surface area contributed by atoms with Gasteiger partial charge >= 0.3 is 20.1 Å². The van der Waals surface area contributed by atoms with Gasteiger partial charge < -0.3 is 22.3 Å². The Hall–Kier alpha value is -3.14. The molecule has 9 rings (SSSR count). The monoisotopic (exact) mass is 833 g/mol. The van der Waals surface area contributed by atoms with E-state index in [1.54, 1.807) is 0 Å². The van der Waals surface area contributed by atoms with Gasteiger partial charge in [-0.1, -0.05) is 104 Å². The van der Waals surface area contributed by atoms with Crippen LogP contribution in [0, 0.1) is 38.2 Å². The molecule has 49 heavy (non-hydrogen) atoms. The molecule has 1 N–H and O–H groups in total. The van der Waals surface area contributed by atoms with Crippen LogP contribution >= 0.6 is 0 Å². The number of aliphatic hydroxyl groups excluding tert-OH is 1. The molecule has 1 aliphatic heterocycles. The van der Waals surface area contributed by atoms with Crippen LogP contribution in [0.3, 0.4) is 0 Å². The van der Waals surface area contributed by atoms with E-state index in [0.717, 1.165) is 53.9 Å². The Morgan fingerprint density at radius 2 is 1.51 bits per heavy atom. The second kappa shape index (κ2) is 15.4. The molecule has 4 aromatic rings. The van der Waals surface area contributed by atoms with Crippen LogP contribution in [0.4, 0.5) is 0 Å². The number of ketones is 1. The maximum Gasteiger partial charge on any atom is 3.00 e. The molecule has 4 saturated carbocycles. The number of carbonyl (C=O) groups is 1. The SMILES string of the molecule is Cc1[c-]c(C2[N-]C=C(C3CC3)c3cc(C4CCCC4)ccc32)c2oc3ccccc3c2c1.O=C(/C=C(\O)C1CCCC1)C1CCCC1.[CH3-].[Ir+3]. The third-order valence-electron chi connectivity index (χ3n) is 11.6. The summed E-state index contributed by atoms with van der Waals surface area (Å²) in [6.45, 7) is 2.13. The van der Waals surface area contributed by atoms with Gasteiger partial charge in [-0.15, -0.1) is 5.56 Å². The number of furan rings is 1. The Balaban J connectivity index is 0.000000209. The summed E-state index contributed by atoms with van der Waals surface area (Å²) < 4.78 is 6.39. The smallest absolute Gasteiger partial charge is 0.682 e. The Morgan fingerprint density at radius 1 is 0.837 bits per heavy atom. The van der Waals surface area contributed by atoms with E-state index in [2.05, 4.69) is 61.7 Å². The van der Waals surface area contributed by atoms with Gasteiger partial charge in [-0.25, -0.2) is 0 Å². The zero-order valence-electron chi connectivity index (χ0n) is 29.1. The van der Waals surface area contributed by atoms with Crippen LogP contribution in [0.1, 0.15) is 130 Å². The van der Waals surface area contributed by atoms with Gasteiger partial charge in [0.25, 0.3) is 0 Å². The Kier molecular flexibility index (Phi) is 11.2. The largest absolute Gasteiger partial charge is 3.00 e. The topological polar surface area (TPSA) is 64.5 Å². The maximum absolute atomic E-state index is 11.8. The van der Waals surface area contributed by atoms with Crippen molar-refractivity contribution in [3.63, 3.8) is 0 Å². The van der Waals surface area contributed by atoms with Crippen molar-refractivity contribution in [3.8, 4) is 0 Å². The summed E-state index contributed by atoms with van der Waals surface area (Å²) in [7, 11) is 0. The summed E-state index contributed by atoms with van der Waals surface area (Å²) in [4.78, 5) is 11.8. The number of hydrogen-bond donors (Lipinski definition) is 1. The van der Waals surface area contributed by atoms with Crippen molar-refractivity contribution in [2.45, 2.75) is 109 Å². The number of carbonyl (C=O) groups excluding carboxylic acids is 1. The number of aliphatic hydroxyl groups is 1. The second-order valence-corrected chi connectivity index (χ2v) is 14.9. The van der Waals surface area contributed by atoms with Crippen LogP contribution in [-0.4, -0.2) is 10.9 Å². The molecule has 0 saturated heterocycles. The van der Waals surface area contributed by atoms with Gasteiger partial charge in [0.15, 0.2) is 5.78 Å². The van der Waals surface area contributed by atoms with Gasteiger partial charge in [0.05, 0.1) is 5.76 Å². The molecule has 1 unspecified atom stereocenters. The number of allylic oxidation sites excluding steroid dienone is 3. The maximum atomic E-state index is 11.8. The first-order valence-electron chi connectivity index (χ1n) is 18.4. The van der Waals surface area contributed by atoms with Crippen molar-refractivity contribution in [1.82, 2.24) is 0 Å². The summed E-state index contributed by atoms with van der Waals surface area (Å²) in [5.74, 6) is 2.40. The van der Waals surface area contributed by atoms with Gasteiger partial charge in [-0.2, -0.15) is 23.9 Å². The molecule has 3 aromatic carbocycles. The molecule has 4 aliphatic carbocycles. The summed E-state index contributed by atoms with van der Waals surface area (Å²) in [6.07, 6.45) is 20.6. The quantitative estimate of drug-likeness (QED) is 0.120. The number of para-hydroxylation sites is 1. The van der Waals surface area contributed by atoms with E-state index >= 15 is 0 Å². The van der Waals surface area contributed by atoms with Crippen LogP contribution in [-0.2, 0) is 24.9 Å². The van der Waals surface area contributed by atoms with E-state index < -0.39 is 0 Å². The molecule has 5 aliphatic rings. The van der Waals surface area contributed by atoms with Crippen molar-refractivity contribution in [2.24, 2.45) is 17.8 Å². The molecule has 4 nitrogen and oxygen atoms in total. The number of rotatable bonds is 6. The van der Waals surface area contributed by atoms with Gasteiger partial charge in [-0.3, -0.25) is 4.79 Å². The van der Waals surface area contributed by atoms with Gasteiger partial charge in [-0.05, 0) is 80.4 Å². The molecular weight excluding hydrogens is 783 g/mol. The fourth-order valence-corrected chi connectivity index (χ4v) is 8.77. The second-order valence-electron chi connectivity index (χ2n) is 14.9. The van der Waals surface area contributed by atoms with Crippen LogP contribution in [0.15, 0.2) is 71.0 Å². The number of fused-ring (bicyclic) bond motifs is 4.